The minimum absolute atomic E-state index is 0.0178. The van der Waals surface area contributed by atoms with Crippen molar-refractivity contribution >= 4 is 11.6 Å². The second-order valence-electron chi connectivity index (χ2n) is 3.84. The van der Waals surface area contributed by atoms with Crippen LogP contribution < -0.4 is 11.1 Å². The fraction of sp³-hybridized carbons (Fsp3) is 0.400. The molecule has 0 aliphatic carbocycles. The highest BCUT2D eigenvalue weighted by atomic mass is 15.0. The van der Waals surface area contributed by atoms with Gasteiger partial charge in [0.05, 0.1) is 0 Å². The van der Waals surface area contributed by atoms with Crippen molar-refractivity contribution in [2.45, 2.75) is 13.8 Å². The molecule has 0 spiro atoms. The van der Waals surface area contributed by atoms with Gasteiger partial charge in [0.25, 0.3) is 0 Å². The zero-order valence-electron chi connectivity index (χ0n) is 8.62. The van der Waals surface area contributed by atoms with Crippen molar-refractivity contribution in [3.05, 3.63) is 25.0 Å². The first-order valence-corrected chi connectivity index (χ1v) is 4.49. The third-order valence-electron chi connectivity index (χ3n) is 1.99. The lowest BCUT2D eigenvalue weighted by Crippen LogP contribution is -2.21. The summed E-state index contributed by atoms with van der Waals surface area (Å²) in [7, 11) is 0. The lowest BCUT2D eigenvalue weighted by Gasteiger charge is -2.20. The van der Waals surface area contributed by atoms with E-state index in [1.165, 1.54) is 0 Å². The Morgan fingerprint density at radius 2 is 2.14 bits per heavy atom. The van der Waals surface area contributed by atoms with Crippen LogP contribution in [0.15, 0.2) is 25.0 Å². The molecule has 0 aliphatic heterocycles. The zero-order chi connectivity index (χ0) is 10.6. The van der Waals surface area contributed by atoms with Crippen LogP contribution in [0.1, 0.15) is 13.8 Å². The van der Waals surface area contributed by atoms with E-state index < -0.39 is 0 Å². The van der Waals surface area contributed by atoms with Gasteiger partial charge < -0.3 is 11.1 Å². The molecule has 0 atom stereocenters. The number of nitrogens with zero attached hydrogens (tertiary/aromatic N) is 2. The quantitative estimate of drug-likeness (QED) is 0.712. The highest BCUT2D eigenvalue weighted by molar-refractivity contribution is 5.55. The number of nitrogens with two attached hydrogens (primary N) is 1. The molecule has 0 saturated carbocycles. The highest BCUT2D eigenvalue weighted by Crippen LogP contribution is 2.18. The number of aromatic nitrogens is 2. The minimum atomic E-state index is 0.0178. The summed E-state index contributed by atoms with van der Waals surface area (Å²) in [6.07, 6.45) is 5.07. The molecule has 4 nitrogen and oxygen atoms in total. The highest BCUT2D eigenvalue weighted by Gasteiger charge is 2.13. The van der Waals surface area contributed by atoms with Gasteiger partial charge in [0, 0.05) is 18.9 Å². The van der Waals surface area contributed by atoms with Gasteiger partial charge in [0.1, 0.15) is 0 Å². The van der Waals surface area contributed by atoms with Gasteiger partial charge in [-0.1, -0.05) is 19.9 Å². The SMILES string of the molecule is C=CC(C)(C)CNc1nccnc1N. The van der Waals surface area contributed by atoms with E-state index in [1.54, 1.807) is 12.4 Å². The van der Waals surface area contributed by atoms with Crippen LogP contribution in [0.5, 0.6) is 0 Å². The summed E-state index contributed by atoms with van der Waals surface area (Å²) in [4.78, 5) is 8.02. The lowest BCUT2D eigenvalue weighted by molar-refractivity contribution is 0.513. The molecule has 76 valence electrons. The fourth-order valence-corrected chi connectivity index (χ4v) is 0.869. The van der Waals surface area contributed by atoms with E-state index in [2.05, 4.69) is 35.7 Å². The second-order valence-corrected chi connectivity index (χ2v) is 3.84. The van der Waals surface area contributed by atoms with Gasteiger partial charge in [0.15, 0.2) is 11.6 Å². The topological polar surface area (TPSA) is 63.8 Å². The maximum absolute atomic E-state index is 5.63. The first-order valence-electron chi connectivity index (χ1n) is 4.49. The van der Waals surface area contributed by atoms with Gasteiger partial charge in [-0.2, -0.15) is 0 Å². The molecule has 0 aromatic carbocycles. The normalized spacial score (nSPS) is 11.0. The molecule has 1 heterocycles. The van der Waals surface area contributed by atoms with Crippen LogP contribution in [-0.2, 0) is 0 Å². The van der Waals surface area contributed by atoms with Crippen LogP contribution in [0, 0.1) is 5.41 Å². The molecule has 1 aromatic heterocycles. The van der Waals surface area contributed by atoms with E-state index in [9.17, 15) is 0 Å². The summed E-state index contributed by atoms with van der Waals surface area (Å²) in [5.74, 6) is 1.05. The van der Waals surface area contributed by atoms with E-state index in [1.807, 2.05) is 6.08 Å². The van der Waals surface area contributed by atoms with E-state index in [0.29, 0.717) is 11.6 Å². The predicted molar refractivity (Wildman–Crippen MR) is 58.9 cm³/mol. The van der Waals surface area contributed by atoms with E-state index in [-0.39, 0.29) is 5.41 Å². The molecule has 4 heteroatoms. The Labute approximate surface area is 84.3 Å². The number of nitrogens with one attached hydrogen (secondary N) is 1. The van der Waals surface area contributed by atoms with E-state index in [0.717, 1.165) is 6.54 Å². The number of hydrogen-bond acceptors (Lipinski definition) is 4. The van der Waals surface area contributed by atoms with Crippen molar-refractivity contribution in [1.29, 1.82) is 0 Å². The predicted octanol–water partition coefficient (Wildman–Crippen LogP) is 1.68. The lowest BCUT2D eigenvalue weighted by atomic mass is 9.94. The van der Waals surface area contributed by atoms with Crippen LogP contribution in [0.25, 0.3) is 0 Å². The average Bonchev–Trinajstić information content (AvgIpc) is 2.17. The summed E-state index contributed by atoms with van der Waals surface area (Å²) < 4.78 is 0. The fourth-order valence-electron chi connectivity index (χ4n) is 0.869. The van der Waals surface area contributed by atoms with Crippen molar-refractivity contribution in [3.8, 4) is 0 Å². The van der Waals surface area contributed by atoms with E-state index >= 15 is 0 Å². The first-order chi connectivity index (χ1) is 6.55. The molecule has 1 aromatic rings. The van der Waals surface area contributed by atoms with Crippen molar-refractivity contribution in [2.75, 3.05) is 17.6 Å². The Balaban J connectivity index is 2.62. The molecule has 0 bridgehead atoms. The Kier molecular flexibility index (Phi) is 3.06. The zero-order valence-corrected chi connectivity index (χ0v) is 8.62. The molecule has 0 fully saturated rings. The molecule has 0 saturated heterocycles. The maximum atomic E-state index is 5.63. The van der Waals surface area contributed by atoms with Gasteiger partial charge in [-0.15, -0.1) is 6.58 Å². The summed E-state index contributed by atoms with van der Waals surface area (Å²) in [5, 5.41) is 3.13. The van der Waals surface area contributed by atoms with Crippen molar-refractivity contribution in [3.63, 3.8) is 0 Å². The van der Waals surface area contributed by atoms with Crippen LogP contribution >= 0.6 is 0 Å². The van der Waals surface area contributed by atoms with Crippen LogP contribution in [0.2, 0.25) is 0 Å². The van der Waals surface area contributed by atoms with E-state index in [4.69, 9.17) is 5.73 Å². The molecule has 1 rings (SSSR count). The average molecular weight is 192 g/mol. The monoisotopic (exact) mass is 192 g/mol. The van der Waals surface area contributed by atoms with Gasteiger partial charge >= 0.3 is 0 Å². The molecular formula is C10H16N4. The third-order valence-corrected chi connectivity index (χ3v) is 1.99. The molecular weight excluding hydrogens is 176 g/mol. The molecule has 14 heavy (non-hydrogen) atoms. The summed E-state index contributed by atoms with van der Waals surface area (Å²) in [6, 6.07) is 0. The number of anilines is 2. The largest absolute Gasteiger partial charge is 0.381 e. The number of hydrogen-bond donors (Lipinski definition) is 2. The minimum Gasteiger partial charge on any atom is -0.381 e. The maximum Gasteiger partial charge on any atom is 0.168 e. The Bertz CT molecular complexity index is 320. The molecule has 0 radical (unpaired) electrons. The molecule has 3 N–H and O–H groups in total. The van der Waals surface area contributed by atoms with Gasteiger partial charge in [-0.3, -0.25) is 0 Å². The van der Waals surface area contributed by atoms with Crippen molar-refractivity contribution in [2.24, 2.45) is 5.41 Å². The Morgan fingerprint density at radius 1 is 1.50 bits per heavy atom. The first kappa shape index (κ1) is 10.5. The van der Waals surface area contributed by atoms with Crippen molar-refractivity contribution < 1.29 is 0 Å². The number of rotatable bonds is 4. The van der Waals surface area contributed by atoms with Crippen LogP contribution in [-0.4, -0.2) is 16.5 Å². The van der Waals surface area contributed by atoms with Gasteiger partial charge in [-0.25, -0.2) is 9.97 Å². The third kappa shape index (κ3) is 2.73. The van der Waals surface area contributed by atoms with Crippen molar-refractivity contribution in [1.82, 2.24) is 9.97 Å². The summed E-state index contributed by atoms with van der Waals surface area (Å²) in [5.41, 5.74) is 5.65. The van der Waals surface area contributed by atoms with Crippen LogP contribution in [0.4, 0.5) is 11.6 Å². The smallest absolute Gasteiger partial charge is 0.168 e. The molecule has 0 unspecified atom stereocenters. The summed E-state index contributed by atoms with van der Waals surface area (Å²) in [6.45, 7) is 8.66. The molecule has 0 amide bonds. The second kappa shape index (κ2) is 4.09. The van der Waals surface area contributed by atoms with Gasteiger partial charge in [0.2, 0.25) is 0 Å². The Hall–Kier alpha value is -1.58. The summed E-state index contributed by atoms with van der Waals surface area (Å²) >= 11 is 0. The van der Waals surface area contributed by atoms with Crippen LogP contribution in [0.3, 0.4) is 0 Å². The Morgan fingerprint density at radius 3 is 2.71 bits per heavy atom. The molecule has 0 aliphatic rings. The number of nitrogen functional groups attached to an aromatic ring is 1. The standard InChI is InChI=1S/C10H16N4/c1-4-10(2,3)7-14-9-8(11)12-5-6-13-9/h4-6H,1,7H2,2-3H3,(H2,11,12)(H,13,14). The van der Waals surface area contributed by atoms with Gasteiger partial charge in [-0.05, 0) is 5.41 Å².